The molecule has 0 atom stereocenters. The van der Waals surface area contributed by atoms with Gasteiger partial charge in [0.05, 0.1) is 12.3 Å². The second-order valence-electron chi connectivity index (χ2n) is 4.37. The van der Waals surface area contributed by atoms with E-state index in [4.69, 9.17) is 4.74 Å². The zero-order chi connectivity index (χ0) is 15.1. The van der Waals surface area contributed by atoms with Crippen molar-refractivity contribution in [3.05, 3.63) is 42.3 Å². The molecule has 0 radical (unpaired) electrons. The molecule has 1 aromatic heterocycles. The molecule has 0 aliphatic rings. The Kier molecular flexibility index (Phi) is 5.51. The number of hydrogen-bond donors (Lipinski definition) is 1. The Hall–Kier alpha value is -2.14. The summed E-state index contributed by atoms with van der Waals surface area (Å²) in [5.74, 6) is 0.803. The first-order valence-electron chi connectivity index (χ1n) is 6.82. The molecular weight excluding hydrogens is 284 g/mol. The molecule has 1 heterocycles. The van der Waals surface area contributed by atoms with Gasteiger partial charge in [-0.05, 0) is 37.6 Å². The van der Waals surface area contributed by atoms with Crippen LogP contribution < -0.4 is 10.1 Å². The van der Waals surface area contributed by atoms with E-state index in [1.54, 1.807) is 6.08 Å². The Morgan fingerprint density at radius 2 is 2.19 bits per heavy atom. The fraction of sp³-hybridized carbons (Fsp3) is 0.250. The smallest absolute Gasteiger partial charge is 0.226 e. The van der Waals surface area contributed by atoms with Crippen LogP contribution >= 0.6 is 11.3 Å². The highest BCUT2D eigenvalue weighted by Gasteiger charge is 2.07. The maximum absolute atomic E-state index is 11.6. The minimum absolute atomic E-state index is 0.0394. The third-order valence-electron chi connectivity index (χ3n) is 2.79. The van der Waals surface area contributed by atoms with Crippen LogP contribution in [0.15, 0.2) is 42.3 Å². The number of benzene rings is 1. The molecule has 0 spiro atoms. The van der Waals surface area contributed by atoms with Crippen molar-refractivity contribution in [2.24, 2.45) is 0 Å². The van der Waals surface area contributed by atoms with E-state index in [0.29, 0.717) is 24.6 Å². The average molecular weight is 302 g/mol. The van der Waals surface area contributed by atoms with Gasteiger partial charge in [0.2, 0.25) is 5.91 Å². The van der Waals surface area contributed by atoms with Gasteiger partial charge in [0.25, 0.3) is 0 Å². The van der Waals surface area contributed by atoms with Crippen LogP contribution in [0.2, 0.25) is 0 Å². The summed E-state index contributed by atoms with van der Waals surface area (Å²) in [5.41, 5.74) is 1.85. The van der Waals surface area contributed by atoms with E-state index in [1.165, 1.54) is 11.3 Å². The zero-order valence-electron chi connectivity index (χ0n) is 12.0. The number of amides is 1. The summed E-state index contributed by atoms with van der Waals surface area (Å²) < 4.78 is 5.41. The van der Waals surface area contributed by atoms with Gasteiger partial charge in [0, 0.05) is 17.4 Å². The highest BCUT2D eigenvalue weighted by Crippen LogP contribution is 2.26. The molecule has 110 valence electrons. The molecule has 0 saturated heterocycles. The summed E-state index contributed by atoms with van der Waals surface area (Å²) in [6.07, 6.45) is 2.83. The van der Waals surface area contributed by atoms with Crippen LogP contribution in [0, 0.1) is 0 Å². The summed E-state index contributed by atoms with van der Waals surface area (Å²) in [6, 6.07) is 7.76. The monoisotopic (exact) mass is 302 g/mol. The number of aromatic nitrogens is 1. The first-order valence-corrected chi connectivity index (χ1v) is 7.70. The molecule has 1 N–H and O–H groups in total. The summed E-state index contributed by atoms with van der Waals surface area (Å²) >= 11 is 1.42. The summed E-state index contributed by atoms with van der Waals surface area (Å²) in [5, 5.41) is 5.34. The molecule has 0 fully saturated rings. The summed E-state index contributed by atoms with van der Waals surface area (Å²) in [6.45, 7) is 6.20. The van der Waals surface area contributed by atoms with Gasteiger partial charge < -0.3 is 10.1 Å². The Morgan fingerprint density at radius 1 is 1.43 bits per heavy atom. The van der Waals surface area contributed by atoms with Gasteiger partial charge in [0.1, 0.15) is 5.75 Å². The minimum atomic E-state index is -0.0394. The Morgan fingerprint density at radius 3 is 2.86 bits per heavy atom. The number of nitrogens with zero attached hydrogens (tertiary/aromatic N) is 1. The number of nitrogens with one attached hydrogen (secondary N) is 1. The number of ether oxygens (including phenoxy) is 1. The van der Waals surface area contributed by atoms with Crippen LogP contribution in [0.3, 0.4) is 0 Å². The maximum atomic E-state index is 11.6. The van der Waals surface area contributed by atoms with Crippen molar-refractivity contribution in [1.29, 1.82) is 0 Å². The van der Waals surface area contributed by atoms with Crippen LogP contribution in [-0.2, 0) is 4.79 Å². The van der Waals surface area contributed by atoms with Gasteiger partial charge in [-0.15, -0.1) is 17.9 Å². The molecule has 1 aromatic carbocycles. The fourth-order valence-electron chi connectivity index (χ4n) is 1.77. The molecule has 0 aliphatic carbocycles. The van der Waals surface area contributed by atoms with Crippen molar-refractivity contribution < 1.29 is 9.53 Å². The first kappa shape index (κ1) is 15.3. The van der Waals surface area contributed by atoms with Gasteiger partial charge in [0.15, 0.2) is 5.13 Å². The zero-order valence-corrected chi connectivity index (χ0v) is 12.8. The van der Waals surface area contributed by atoms with Gasteiger partial charge in [-0.25, -0.2) is 4.98 Å². The van der Waals surface area contributed by atoms with Crippen molar-refractivity contribution in [2.75, 3.05) is 11.9 Å². The van der Waals surface area contributed by atoms with Gasteiger partial charge in [-0.2, -0.15) is 0 Å². The predicted octanol–water partition coefficient (Wildman–Crippen LogP) is 4.11. The number of rotatable bonds is 7. The van der Waals surface area contributed by atoms with E-state index >= 15 is 0 Å². The minimum Gasteiger partial charge on any atom is -0.494 e. The van der Waals surface area contributed by atoms with E-state index in [1.807, 2.05) is 36.6 Å². The molecule has 0 saturated carbocycles. The van der Waals surface area contributed by atoms with Crippen molar-refractivity contribution in [2.45, 2.75) is 19.8 Å². The lowest BCUT2D eigenvalue weighted by Crippen LogP contribution is -2.10. The third kappa shape index (κ3) is 4.43. The highest BCUT2D eigenvalue weighted by atomic mass is 32.1. The Balaban J connectivity index is 2.01. The number of allylic oxidation sites excluding steroid dienone is 1. The lowest BCUT2D eigenvalue weighted by molar-refractivity contribution is -0.116. The van der Waals surface area contributed by atoms with Crippen LogP contribution in [0.4, 0.5) is 5.13 Å². The molecule has 5 heteroatoms. The van der Waals surface area contributed by atoms with E-state index < -0.39 is 0 Å². The predicted molar refractivity (Wildman–Crippen MR) is 86.8 cm³/mol. The molecular formula is C16H18N2O2S. The van der Waals surface area contributed by atoms with E-state index in [0.717, 1.165) is 17.0 Å². The number of hydrogen-bond acceptors (Lipinski definition) is 4. The molecule has 0 aliphatic heterocycles. The lowest BCUT2D eigenvalue weighted by Gasteiger charge is -2.03. The van der Waals surface area contributed by atoms with Crippen molar-refractivity contribution >= 4 is 22.4 Å². The van der Waals surface area contributed by atoms with E-state index in [-0.39, 0.29) is 5.91 Å². The van der Waals surface area contributed by atoms with E-state index in [2.05, 4.69) is 16.9 Å². The number of carbonyl (C=O) groups excluding carboxylic acids is 1. The van der Waals surface area contributed by atoms with Gasteiger partial charge >= 0.3 is 0 Å². The Bertz CT molecular complexity index is 605. The molecule has 21 heavy (non-hydrogen) atoms. The second kappa shape index (κ2) is 7.59. The largest absolute Gasteiger partial charge is 0.494 e. The number of anilines is 1. The molecule has 2 aromatic rings. The number of thiazole rings is 1. The normalized spacial score (nSPS) is 10.1. The second-order valence-corrected chi connectivity index (χ2v) is 5.23. The average Bonchev–Trinajstić information content (AvgIpc) is 2.94. The molecule has 0 bridgehead atoms. The molecule has 0 unspecified atom stereocenters. The molecule has 1 amide bonds. The third-order valence-corrected chi connectivity index (χ3v) is 3.54. The topological polar surface area (TPSA) is 51.2 Å². The molecule has 2 rings (SSSR count). The van der Waals surface area contributed by atoms with Crippen molar-refractivity contribution in [3.8, 4) is 17.0 Å². The quantitative estimate of drug-likeness (QED) is 0.783. The van der Waals surface area contributed by atoms with Crippen LogP contribution in [0.1, 0.15) is 19.8 Å². The maximum Gasteiger partial charge on any atom is 0.226 e. The standard InChI is InChI=1S/C16H18N2O2S/c1-3-5-6-15(19)18-16-17-14(11-21-16)12-7-9-13(10-8-12)20-4-2/h3,7-11H,1,4-6H2,2H3,(H,17,18,19). The SMILES string of the molecule is C=CCCC(=O)Nc1nc(-c2ccc(OCC)cc2)cs1. The molecule has 4 nitrogen and oxygen atoms in total. The summed E-state index contributed by atoms with van der Waals surface area (Å²) in [4.78, 5) is 16.0. The van der Waals surface area contributed by atoms with E-state index in [9.17, 15) is 4.79 Å². The number of carbonyl (C=O) groups is 1. The van der Waals surface area contributed by atoms with Crippen LogP contribution in [-0.4, -0.2) is 17.5 Å². The first-order chi connectivity index (χ1) is 10.2. The van der Waals surface area contributed by atoms with Crippen LogP contribution in [0.25, 0.3) is 11.3 Å². The fourth-order valence-corrected chi connectivity index (χ4v) is 2.50. The van der Waals surface area contributed by atoms with Crippen molar-refractivity contribution in [1.82, 2.24) is 4.98 Å². The summed E-state index contributed by atoms with van der Waals surface area (Å²) in [7, 11) is 0. The lowest BCUT2D eigenvalue weighted by atomic mass is 10.2. The van der Waals surface area contributed by atoms with Crippen LogP contribution in [0.5, 0.6) is 5.75 Å². The highest BCUT2D eigenvalue weighted by molar-refractivity contribution is 7.14. The van der Waals surface area contributed by atoms with Gasteiger partial charge in [-0.3, -0.25) is 4.79 Å². The van der Waals surface area contributed by atoms with Gasteiger partial charge in [-0.1, -0.05) is 6.08 Å². The Labute approximate surface area is 128 Å². The van der Waals surface area contributed by atoms with Crippen molar-refractivity contribution in [3.63, 3.8) is 0 Å².